The minimum absolute atomic E-state index is 0.0342. The lowest BCUT2D eigenvalue weighted by Gasteiger charge is -2.36. The summed E-state index contributed by atoms with van der Waals surface area (Å²) in [6.45, 7) is 7.77. The minimum Gasteiger partial charge on any atom is -0.372 e. The maximum Gasteiger partial charge on any atom is 0.228 e. The molecular formula is C19H26N2O3. The Hall–Kier alpha value is -1.88. The first-order valence-electron chi connectivity index (χ1n) is 8.81. The summed E-state index contributed by atoms with van der Waals surface area (Å²) >= 11 is 0. The monoisotopic (exact) mass is 330 g/mol. The van der Waals surface area contributed by atoms with E-state index in [0.29, 0.717) is 26.1 Å². The van der Waals surface area contributed by atoms with Crippen LogP contribution >= 0.6 is 0 Å². The highest BCUT2D eigenvalue weighted by atomic mass is 16.5. The van der Waals surface area contributed by atoms with Gasteiger partial charge in [-0.25, -0.2) is 0 Å². The Balaban J connectivity index is 1.68. The second-order valence-electron chi connectivity index (χ2n) is 6.93. The van der Waals surface area contributed by atoms with Gasteiger partial charge in [0.05, 0.1) is 18.1 Å². The highest BCUT2D eigenvalue weighted by molar-refractivity contribution is 6.00. The average Bonchev–Trinajstić information content (AvgIpc) is 2.95. The van der Waals surface area contributed by atoms with Gasteiger partial charge in [-0.3, -0.25) is 9.59 Å². The number of nitrogens with zero attached hydrogens (tertiary/aromatic N) is 2. The first kappa shape index (κ1) is 17.0. The van der Waals surface area contributed by atoms with Gasteiger partial charge in [-0.05, 0) is 38.0 Å². The molecule has 3 atom stereocenters. The van der Waals surface area contributed by atoms with E-state index in [1.807, 2.05) is 43.0 Å². The third-order valence-electron chi connectivity index (χ3n) is 4.86. The quantitative estimate of drug-likeness (QED) is 0.854. The molecular weight excluding hydrogens is 304 g/mol. The molecule has 0 N–H and O–H groups in total. The Labute approximate surface area is 143 Å². The number of carbonyl (C=O) groups excluding carboxylic acids is 2. The minimum atomic E-state index is -0.249. The first-order chi connectivity index (χ1) is 11.5. The molecule has 2 heterocycles. The predicted octanol–water partition coefficient (Wildman–Crippen LogP) is 2.24. The molecule has 5 nitrogen and oxygen atoms in total. The fourth-order valence-corrected chi connectivity index (χ4v) is 3.65. The van der Waals surface area contributed by atoms with Crippen LogP contribution in [0.4, 0.5) is 5.69 Å². The van der Waals surface area contributed by atoms with Gasteiger partial charge in [0, 0.05) is 31.7 Å². The summed E-state index contributed by atoms with van der Waals surface area (Å²) < 4.78 is 5.69. The SMILES string of the molecule is CCc1ccc(N2C[C@H](C(=O)N3C[C@@H](C)O[C@@H](C)C3)CC2=O)cc1. The fourth-order valence-electron chi connectivity index (χ4n) is 3.65. The van der Waals surface area contributed by atoms with Crippen molar-refractivity contribution in [3.05, 3.63) is 29.8 Å². The molecule has 0 unspecified atom stereocenters. The van der Waals surface area contributed by atoms with Crippen LogP contribution in [0.3, 0.4) is 0 Å². The standard InChI is InChI=1S/C19H26N2O3/c1-4-15-5-7-17(8-6-15)21-12-16(9-18(21)22)19(23)20-10-13(2)24-14(3)11-20/h5-8,13-14,16H,4,9-12H2,1-3H3/t13-,14+,16-/m1/s1. The number of aryl methyl sites for hydroxylation is 1. The fraction of sp³-hybridized carbons (Fsp3) is 0.579. The van der Waals surface area contributed by atoms with Gasteiger partial charge in [0.1, 0.15) is 0 Å². The summed E-state index contributed by atoms with van der Waals surface area (Å²) in [6.07, 6.45) is 1.37. The van der Waals surface area contributed by atoms with E-state index in [0.717, 1.165) is 12.1 Å². The van der Waals surface area contributed by atoms with Crippen molar-refractivity contribution in [3.63, 3.8) is 0 Å². The smallest absolute Gasteiger partial charge is 0.228 e. The van der Waals surface area contributed by atoms with Crippen molar-refractivity contribution in [1.29, 1.82) is 0 Å². The van der Waals surface area contributed by atoms with Gasteiger partial charge in [0.25, 0.3) is 0 Å². The highest BCUT2D eigenvalue weighted by Gasteiger charge is 2.38. The van der Waals surface area contributed by atoms with E-state index in [4.69, 9.17) is 4.74 Å². The van der Waals surface area contributed by atoms with Gasteiger partial charge >= 0.3 is 0 Å². The molecule has 2 saturated heterocycles. The first-order valence-corrected chi connectivity index (χ1v) is 8.81. The summed E-state index contributed by atoms with van der Waals surface area (Å²) in [7, 11) is 0. The van der Waals surface area contributed by atoms with Crippen molar-refractivity contribution in [2.45, 2.75) is 45.8 Å². The van der Waals surface area contributed by atoms with Crippen LogP contribution in [0.1, 0.15) is 32.8 Å². The lowest BCUT2D eigenvalue weighted by Crippen LogP contribution is -2.50. The van der Waals surface area contributed by atoms with Crippen LogP contribution in [0, 0.1) is 5.92 Å². The molecule has 2 aliphatic heterocycles. The molecule has 1 aromatic carbocycles. The van der Waals surface area contributed by atoms with Crippen LogP contribution < -0.4 is 4.90 Å². The summed E-state index contributed by atoms with van der Waals surface area (Å²) in [6, 6.07) is 8.04. The molecule has 2 aliphatic rings. The van der Waals surface area contributed by atoms with Gasteiger partial charge in [-0.15, -0.1) is 0 Å². The summed E-state index contributed by atoms with van der Waals surface area (Å²) in [5.41, 5.74) is 2.13. The van der Waals surface area contributed by atoms with Crippen molar-refractivity contribution in [1.82, 2.24) is 4.90 Å². The van der Waals surface area contributed by atoms with Gasteiger partial charge in [0.2, 0.25) is 11.8 Å². The number of rotatable bonds is 3. The molecule has 130 valence electrons. The Morgan fingerprint density at radius 3 is 2.33 bits per heavy atom. The average molecular weight is 330 g/mol. The van der Waals surface area contributed by atoms with E-state index >= 15 is 0 Å². The second-order valence-corrected chi connectivity index (χ2v) is 6.93. The number of anilines is 1. The normalized spacial score (nSPS) is 27.6. The van der Waals surface area contributed by atoms with E-state index in [1.54, 1.807) is 4.90 Å². The number of morpholine rings is 1. The molecule has 24 heavy (non-hydrogen) atoms. The molecule has 3 rings (SSSR count). The van der Waals surface area contributed by atoms with Crippen LogP contribution in [-0.2, 0) is 20.7 Å². The zero-order valence-electron chi connectivity index (χ0n) is 14.7. The van der Waals surface area contributed by atoms with Crippen molar-refractivity contribution in [3.8, 4) is 0 Å². The zero-order valence-corrected chi connectivity index (χ0v) is 14.7. The maximum atomic E-state index is 12.8. The second kappa shape index (κ2) is 6.93. The van der Waals surface area contributed by atoms with Gasteiger partial charge in [0.15, 0.2) is 0 Å². The molecule has 0 radical (unpaired) electrons. The van der Waals surface area contributed by atoms with Gasteiger partial charge in [-0.2, -0.15) is 0 Å². The van der Waals surface area contributed by atoms with E-state index < -0.39 is 0 Å². The Kier molecular flexibility index (Phi) is 4.90. The summed E-state index contributed by atoms with van der Waals surface area (Å²) in [5.74, 6) is -0.133. The molecule has 0 aliphatic carbocycles. The largest absolute Gasteiger partial charge is 0.372 e. The molecule has 0 aromatic heterocycles. The molecule has 2 fully saturated rings. The lowest BCUT2D eigenvalue weighted by atomic mass is 10.1. The van der Waals surface area contributed by atoms with Crippen LogP contribution in [0.25, 0.3) is 0 Å². The van der Waals surface area contributed by atoms with Crippen LogP contribution in [0.15, 0.2) is 24.3 Å². The molecule has 1 aromatic rings. The Bertz CT molecular complexity index is 604. The molecule has 0 bridgehead atoms. The van der Waals surface area contributed by atoms with Gasteiger partial charge in [-0.1, -0.05) is 19.1 Å². The molecule has 0 saturated carbocycles. The molecule has 2 amide bonds. The van der Waals surface area contributed by atoms with Crippen molar-refractivity contribution >= 4 is 17.5 Å². The van der Waals surface area contributed by atoms with Crippen LogP contribution in [-0.4, -0.2) is 48.6 Å². The number of ether oxygens (including phenoxy) is 1. The summed E-state index contributed by atoms with van der Waals surface area (Å²) in [4.78, 5) is 28.8. The maximum absolute atomic E-state index is 12.8. The molecule has 0 spiro atoms. The van der Waals surface area contributed by atoms with Crippen molar-refractivity contribution in [2.75, 3.05) is 24.5 Å². The molecule has 5 heteroatoms. The van der Waals surface area contributed by atoms with Crippen LogP contribution in [0.2, 0.25) is 0 Å². The lowest BCUT2D eigenvalue weighted by molar-refractivity contribution is -0.147. The number of amides is 2. The van der Waals surface area contributed by atoms with E-state index in [1.165, 1.54) is 5.56 Å². The third-order valence-corrected chi connectivity index (χ3v) is 4.86. The topological polar surface area (TPSA) is 49.9 Å². The highest BCUT2D eigenvalue weighted by Crippen LogP contribution is 2.27. The Morgan fingerprint density at radius 2 is 1.75 bits per heavy atom. The predicted molar refractivity (Wildman–Crippen MR) is 92.9 cm³/mol. The zero-order chi connectivity index (χ0) is 17.3. The number of hydrogen-bond acceptors (Lipinski definition) is 3. The number of carbonyl (C=O) groups is 2. The van der Waals surface area contributed by atoms with Gasteiger partial charge < -0.3 is 14.5 Å². The summed E-state index contributed by atoms with van der Waals surface area (Å²) in [5, 5.41) is 0. The third kappa shape index (κ3) is 3.46. The van der Waals surface area contributed by atoms with E-state index in [-0.39, 0.29) is 29.9 Å². The van der Waals surface area contributed by atoms with Crippen LogP contribution in [0.5, 0.6) is 0 Å². The number of hydrogen-bond donors (Lipinski definition) is 0. The van der Waals surface area contributed by atoms with E-state index in [9.17, 15) is 9.59 Å². The van der Waals surface area contributed by atoms with Crippen molar-refractivity contribution < 1.29 is 14.3 Å². The number of benzene rings is 1. The van der Waals surface area contributed by atoms with Crippen molar-refractivity contribution in [2.24, 2.45) is 5.92 Å². The Morgan fingerprint density at radius 1 is 1.12 bits per heavy atom. The van der Waals surface area contributed by atoms with E-state index in [2.05, 4.69) is 6.92 Å².